The molecule has 0 spiro atoms. The van der Waals surface area contributed by atoms with Gasteiger partial charge in [-0.2, -0.15) is 0 Å². The van der Waals surface area contributed by atoms with Crippen LogP contribution in [0.15, 0.2) is 48.5 Å². The lowest BCUT2D eigenvalue weighted by molar-refractivity contribution is -0.141. The van der Waals surface area contributed by atoms with E-state index in [1.54, 1.807) is 43.2 Å². The Morgan fingerprint density at radius 3 is 2.25 bits per heavy atom. The summed E-state index contributed by atoms with van der Waals surface area (Å²) in [6.45, 7) is 9.79. The number of anilines is 1. The summed E-state index contributed by atoms with van der Waals surface area (Å²) in [6.07, 6.45) is 1.54. The Balaban J connectivity index is 2.18. The van der Waals surface area contributed by atoms with E-state index in [-0.39, 0.29) is 31.3 Å². The van der Waals surface area contributed by atoms with Crippen LogP contribution in [-0.2, 0) is 26.2 Å². The second-order valence-corrected chi connectivity index (χ2v) is 12.0. The number of hydrogen-bond acceptors (Lipinski definition) is 5. The molecule has 0 unspecified atom stereocenters. The van der Waals surface area contributed by atoms with Crippen molar-refractivity contribution in [3.8, 4) is 5.75 Å². The van der Waals surface area contributed by atoms with Gasteiger partial charge in [-0.05, 0) is 70.9 Å². The van der Waals surface area contributed by atoms with Gasteiger partial charge in [0.1, 0.15) is 11.8 Å². The molecule has 1 atom stereocenters. The Hall–Kier alpha value is -3.07. The van der Waals surface area contributed by atoms with Crippen molar-refractivity contribution in [2.24, 2.45) is 0 Å². The van der Waals surface area contributed by atoms with Crippen LogP contribution in [0.2, 0.25) is 0 Å². The maximum atomic E-state index is 13.4. The van der Waals surface area contributed by atoms with Gasteiger partial charge in [0, 0.05) is 25.0 Å². The Kier molecular flexibility index (Phi) is 9.93. The number of methoxy groups -OCH3 is 1. The average molecular weight is 518 g/mol. The molecule has 0 aliphatic rings. The molecule has 0 aromatic heterocycles. The van der Waals surface area contributed by atoms with Crippen LogP contribution >= 0.6 is 0 Å². The summed E-state index contributed by atoms with van der Waals surface area (Å²) >= 11 is 0. The van der Waals surface area contributed by atoms with Gasteiger partial charge in [0.2, 0.25) is 21.8 Å². The highest BCUT2D eigenvalue weighted by atomic mass is 32.2. The van der Waals surface area contributed by atoms with E-state index in [0.717, 1.165) is 17.4 Å². The van der Waals surface area contributed by atoms with Crippen LogP contribution in [0.5, 0.6) is 5.75 Å². The van der Waals surface area contributed by atoms with Gasteiger partial charge in [-0.3, -0.25) is 13.9 Å². The van der Waals surface area contributed by atoms with Gasteiger partial charge >= 0.3 is 0 Å². The summed E-state index contributed by atoms with van der Waals surface area (Å²) in [6, 6.07) is 13.9. The number of nitrogens with zero attached hydrogens (tertiary/aromatic N) is 2. The van der Waals surface area contributed by atoms with E-state index >= 15 is 0 Å². The zero-order valence-corrected chi connectivity index (χ0v) is 23.2. The first-order valence-corrected chi connectivity index (χ1v) is 13.8. The summed E-state index contributed by atoms with van der Waals surface area (Å²) in [5.74, 6) is 0.174. The lowest BCUT2D eigenvalue weighted by Gasteiger charge is -2.32. The fourth-order valence-electron chi connectivity index (χ4n) is 3.82. The van der Waals surface area contributed by atoms with Crippen LogP contribution in [-0.4, -0.2) is 56.6 Å². The molecule has 0 aliphatic heterocycles. The van der Waals surface area contributed by atoms with Crippen molar-refractivity contribution in [2.75, 3.05) is 24.2 Å². The van der Waals surface area contributed by atoms with Crippen molar-refractivity contribution < 1.29 is 22.7 Å². The maximum absolute atomic E-state index is 13.4. The van der Waals surface area contributed by atoms with E-state index < -0.39 is 21.6 Å². The molecule has 0 fully saturated rings. The van der Waals surface area contributed by atoms with Gasteiger partial charge < -0.3 is 15.0 Å². The third kappa shape index (κ3) is 8.86. The standard InChI is InChI=1S/C27H39N3O5S/c1-20-10-8-11-22(18-20)19-29(21(2)26(32)28-27(3,4)5)25(31)12-9-17-30(36(7,33)34)23-13-15-24(35-6)16-14-23/h8,10-11,13-16,18,21H,9,12,17,19H2,1-7H3,(H,28,32)/t21-/m1/s1. The number of nitrogens with one attached hydrogen (secondary N) is 1. The molecule has 0 radical (unpaired) electrons. The first kappa shape index (κ1) is 29.2. The quantitative estimate of drug-likeness (QED) is 0.488. The number of sulfonamides is 1. The predicted molar refractivity (Wildman–Crippen MR) is 144 cm³/mol. The minimum Gasteiger partial charge on any atom is -0.497 e. The van der Waals surface area contributed by atoms with Crippen molar-refractivity contribution in [3.63, 3.8) is 0 Å². The first-order valence-electron chi connectivity index (χ1n) is 12.0. The number of ether oxygens (including phenoxy) is 1. The van der Waals surface area contributed by atoms with Crippen LogP contribution < -0.4 is 14.4 Å². The number of carbonyl (C=O) groups is 2. The molecular formula is C27H39N3O5S. The third-order valence-electron chi connectivity index (χ3n) is 5.61. The summed E-state index contributed by atoms with van der Waals surface area (Å²) < 4.78 is 31.3. The topological polar surface area (TPSA) is 96.0 Å². The molecule has 9 heteroatoms. The number of amides is 2. The van der Waals surface area contributed by atoms with Gasteiger partial charge in [0.25, 0.3) is 0 Å². The largest absolute Gasteiger partial charge is 0.497 e. The second kappa shape index (κ2) is 12.3. The lowest BCUT2D eigenvalue weighted by atomic mass is 10.1. The van der Waals surface area contributed by atoms with E-state index in [4.69, 9.17) is 4.74 Å². The predicted octanol–water partition coefficient (Wildman–Crippen LogP) is 3.88. The number of hydrogen-bond donors (Lipinski definition) is 1. The van der Waals surface area contributed by atoms with Crippen molar-refractivity contribution >= 4 is 27.5 Å². The van der Waals surface area contributed by atoms with Gasteiger partial charge in [0.05, 0.1) is 19.1 Å². The summed E-state index contributed by atoms with van der Waals surface area (Å²) in [5.41, 5.74) is 2.06. The van der Waals surface area contributed by atoms with Crippen molar-refractivity contribution in [1.29, 1.82) is 0 Å². The normalized spacial score (nSPS) is 12.5. The van der Waals surface area contributed by atoms with Crippen LogP contribution in [0.3, 0.4) is 0 Å². The minimum absolute atomic E-state index is 0.0983. The van der Waals surface area contributed by atoms with E-state index in [1.807, 2.05) is 52.0 Å². The Bertz CT molecular complexity index is 1140. The molecule has 0 saturated heterocycles. The third-order valence-corrected chi connectivity index (χ3v) is 6.81. The van der Waals surface area contributed by atoms with Gasteiger partial charge in [-0.25, -0.2) is 8.42 Å². The fourth-order valence-corrected chi connectivity index (χ4v) is 4.78. The van der Waals surface area contributed by atoms with Crippen LogP contribution in [0.25, 0.3) is 0 Å². The minimum atomic E-state index is -3.56. The number of aryl methyl sites for hydroxylation is 1. The van der Waals surface area contributed by atoms with Gasteiger partial charge in [0.15, 0.2) is 0 Å². The van der Waals surface area contributed by atoms with E-state index in [0.29, 0.717) is 17.9 Å². The molecule has 0 heterocycles. The highest BCUT2D eigenvalue weighted by Gasteiger charge is 2.28. The summed E-state index contributed by atoms with van der Waals surface area (Å²) in [4.78, 5) is 27.8. The first-order chi connectivity index (χ1) is 16.7. The molecule has 198 valence electrons. The number of carbonyl (C=O) groups excluding carboxylic acids is 2. The van der Waals surface area contributed by atoms with Crippen molar-refractivity contribution in [1.82, 2.24) is 10.2 Å². The average Bonchev–Trinajstić information content (AvgIpc) is 2.78. The van der Waals surface area contributed by atoms with Gasteiger partial charge in [-0.1, -0.05) is 29.8 Å². The summed E-state index contributed by atoms with van der Waals surface area (Å²) in [5, 5.41) is 2.95. The molecule has 0 bridgehead atoms. The highest BCUT2D eigenvalue weighted by molar-refractivity contribution is 7.92. The molecule has 2 aromatic rings. The molecule has 0 aliphatic carbocycles. The molecule has 1 N–H and O–H groups in total. The molecule has 36 heavy (non-hydrogen) atoms. The van der Waals surface area contributed by atoms with Gasteiger partial charge in [-0.15, -0.1) is 0 Å². The molecule has 2 rings (SSSR count). The molecular weight excluding hydrogens is 478 g/mol. The maximum Gasteiger partial charge on any atom is 0.242 e. The molecule has 2 aromatic carbocycles. The molecule has 2 amide bonds. The zero-order valence-electron chi connectivity index (χ0n) is 22.4. The highest BCUT2D eigenvalue weighted by Crippen LogP contribution is 2.22. The van der Waals surface area contributed by atoms with Crippen LogP contribution in [0, 0.1) is 6.92 Å². The van der Waals surface area contributed by atoms with Crippen LogP contribution in [0.1, 0.15) is 51.7 Å². The number of rotatable bonds is 11. The van der Waals surface area contributed by atoms with Crippen molar-refractivity contribution in [3.05, 3.63) is 59.7 Å². The monoisotopic (exact) mass is 517 g/mol. The summed E-state index contributed by atoms with van der Waals surface area (Å²) in [7, 11) is -2.01. The van der Waals surface area contributed by atoms with Crippen molar-refractivity contribution in [2.45, 2.75) is 65.6 Å². The number of benzene rings is 2. The van der Waals surface area contributed by atoms with Crippen LogP contribution in [0.4, 0.5) is 5.69 Å². The molecule has 8 nitrogen and oxygen atoms in total. The van der Waals surface area contributed by atoms with E-state index in [9.17, 15) is 18.0 Å². The Morgan fingerprint density at radius 2 is 1.72 bits per heavy atom. The lowest BCUT2D eigenvalue weighted by Crippen LogP contribution is -2.52. The second-order valence-electron chi connectivity index (χ2n) is 10.1. The fraction of sp³-hybridized carbons (Fsp3) is 0.481. The molecule has 0 saturated carbocycles. The Labute approximate surface area is 215 Å². The van der Waals surface area contributed by atoms with E-state index in [2.05, 4.69) is 5.32 Å². The SMILES string of the molecule is COc1ccc(N(CCCC(=O)N(Cc2cccc(C)c2)[C@H](C)C(=O)NC(C)(C)C)S(C)(=O)=O)cc1. The zero-order chi connectivity index (χ0) is 27.1. The van der Waals surface area contributed by atoms with E-state index in [1.165, 1.54) is 4.31 Å². The Morgan fingerprint density at radius 1 is 1.08 bits per heavy atom. The smallest absolute Gasteiger partial charge is 0.242 e.